The molecule has 0 unspecified atom stereocenters. The molecule has 144 valence electrons. The number of aliphatic imine (C=N–C) groups is 1. The summed E-state index contributed by atoms with van der Waals surface area (Å²) in [5, 5.41) is 11.2. The normalized spacial score (nSPS) is 11.0. The molecular weight excluding hydrogens is 441 g/mol. The lowest BCUT2D eigenvalue weighted by atomic mass is 10.1. The molecule has 26 heavy (non-hydrogen) atoms. The van der Waals surface area contributed by atoms with Gasteiger partial charge in [0, 0.05) is 32.9 Å². The van der Waals surface area contributed by atoms with Crippen molar-refractivity contribution in [3.63, 3.8) is 0 Å². The van der Waals surface area contributed by atoms with Crippen molar-refractivity contribution < 1.29 is 4.74 Å². The highest BCUT2D eigenvalue weighted by atomic mass is 127. The van der Waals surface area contributed by atoms with E-state index in [0.717, 1.165) is 43.3 Å². The average Bonchev–Trinajstić information content (AvgIpc) is 2.86. The third-order valence-corrected chi connectivity index (χ3v) is 4.43. The van der Waals surface area contributed by atoms with Crippen LogP contribution >= 0.6 is 24.0 Å². The minimum absolute atomic E-state index is 0. The molecule has 2 N–H and O–H groups in total. The molecule has 1 aromatic heterocycles. The Hall–Kier alpha value is -1.77. The molecule has 2 rings (SSSR count). The van der Waals surface area contributed by atoms with E-state index in [4.69, 9.17) is 4.74 Å². The molecule has 1 aromatic carbocycles. The van der Waals surface area contributed by atoms with Crippen molar-refractivity contribution in [2.45, 2.75) is 26.7 Å². The van der Waals surface area contributed by atoms with Crippen LogP contribution in [0.2, 0.25) is 0 Å². The van der Waals surface area contributed by atoms with Crippen LogP contribution in [0.1, 0.15) is 22.5 Å². The Kier molecular flexibility index (Phi) is 9.47. The van der Waals surface area contributed by atoms with Gasteiger partial charge in [-0.3, -0.25) is 9.67 Å². The van der Waals surface area contributed by atoms with Gasteiger partial charge in [-0.05, 0) is 43.9 Å². The predicted octanol–water partition coefficient (Wildman–Crippen LogP) is 2.61. The number of hydrogen-bond donors (Lipinski definition) is 2. The van der Waals surface area contributed by atoms with Crippen LogP contribution in [0.5, 0.6) is 5.75 Å². The van der Waals surface area contributed by atoms with E-state index in [0.29, 0.717) is 0 Å². The molecule has 0 fully saturated rings. The quantitative estimate of drug-likeness (QED) is 0.370. The topological polar surface area (TPSA) is 63.5 Å². The fourth-order valence-corrected chi connectivity index (χ4v) is 2.93. The molecule has 0 amide bonds. The summed E-state index contributed by atoms with van der Waals surface area (Å²) in [5.74, 6) is 1.74. The number of nitrogens with one attached hydrogen (secondary N) is 2. The minimum atomic E-state index is 0. The van der Waals surface area contributed by atoms with E-state index in [1.54, 1.807) is 14.2 Å². The molecule has 0 radical (unpaired) electrons. The molecule has 1 heterocycles. The highest BCUT2D eigenvalue weighted by Crippen LogP contribution is 2.17. The van der Waals surface area contributed by atoms with Crippen molar-refractivity contribution in [3.8, 4) is 5.75 Å². The van der Waals surface area contributed by atoms with Gasteiger partial charge in [-0.15, -0.1) is 24.0 Å². The van der Waals surface area contributed by atoms with Crippen LogP contribution in [0.4, 0.5) is 0 Å². The number of rotatable bonds is 7. The lowest BCUT2D eigenvalue weighted by Crippen LogP contribution is -2.39. The Morgan fingerprint density at radius 2 is 1.81 bits per heavy atom. The maximum absolute atomic E-state index is 5.39. The summed E-state index contributed by atoms with van der Waals surface area (Å²) in [6, 6.07) is 8.09. The number of halogens is 1. The van der Waals surface area contributed by atoms with Gasteiger partial charge in [0.15, 0.2) is 5.96 Å². The Labute approximate surface area is 173 Å². The van der Waals surface area contributed by atoms with Gasteiger partial charge in [-0.2, -0.15) is 5.10 Å². The summed E-state index contributed by atoms with van der Waals surface area (Å²) in [6.45, 7) is 5.78. The fourth-order valence-electron chi connectivity index (χ4n) is 2.93. The number of aromatic nitrogens is 2. The van der Waals surface area contributed by atoms with Gasteiger partial charge in [-0.25, -0.2) is 0 Å². The van der Waals surface area contributed by atoms with E-state index >= 15 is 0 Å². The Balaban J connectivity index is 0.00000338. The summed E-state index contributed by atoms with van der Waals surface area (Å²) in [4.78, 5) is 4.29. The van der Waals surface area contributed by atoms with Gasteiger partial charge in [0.25, 0.3) is 0 Å². The lowest BCUT2D eigenvalue weighted by Gasteiger charge is -2.13. The summed E-state index contributed by atoms with van der Waals surface area (Å²) in [7, 11) is 5.48. The number of guanidine groups is 1. The van der Waals surface area contributed by atoms with Crippen LogP contribution in [0.15, 0.2) is 29.3 Å². The molecule has 0 saturated heterocycles. The van der Waals surface area contributed by atoms with Crippen LogP contribution in [0.3, 0.4) is 0 Å². The second-order valence-corrected chi connectivity index (χ2v) is 6.01. The molecule has 7 heteroatoms. The Morgan fingerprint density at radius 3 is 2.38 bits per heavy atom. The van der Waals surface area contributed by atoms with Gasteiger partial charge in [0.2, 0.25) is 0 Å². The van der Waals surface area contributed by atoms with Gasteiger partial charge in [0.05, 0.1) is 12.8 Å². The van der Waals surface area contributed by atoms with Crippen LogP contribution in [-0.4, -0.2) is 43.0 Å². The zero-order chi connectivity index (χ0) is 18.2. The number of nitrogens with zero attached hydrogens (tertiary/aromatic N) is 3. The number of para-hydroxylation sites is 1. The molecule has 0 saturated carbocycles. The molecule has 0 aliphatic rings. The summed E-state index contributed by atoms with van der Waals surface area (Å²) >= 11 is 0. The van der Waals surface area contributed by atoms with Crippen molar-refractivity contribution in [1.82, 2.24) is 20.4 Å². The SMILES string of the molecule is CN=C(NCCc1ccccc1OC)NCCc1c(C)nn(C)c1C.I. The molecule has 0 spiro atoms. The van der Waals surface area contributed by atoms with Gasteiger partial charge >= 0.3 is 0 Å². The summed E-state index contributed by atoms with van der Waals surface area (Å²) < 4.78 is 7.32. The summed E-state index contributed by atoms with van der Waals surface area (Å²) in [5.41, 5.74) is 4.81. The maximum atomic E-state index is 5.39. The minimum Gasteiger partial charge on any atom is -0.496 e. The third-order valence-electron chi connectivity index (χ3n) is 4.43. The smallest absolute Gasteiger partial charge is 0.190 e. The molecule has 0 aliphatic heterocycles. The monoisotopic (exact) mass is 471 g/mol. The average molecular weight is 471 g/mol. The van der Waals surface area contributed by atoms with Gasteiger partial charge in [0.1, 0.15) is 5.75 Å². The van der Waals surface area contributed by atoms with E-state index in [2.05, 4.69) is 40.6 Å². The number of aryl methyl sites for hydroxylation is 2. The molecule has 0 bridgehead atoms. The third kappa shape index (κ3) is 5.89. The zero-order valence-corrected chi connectivity index (χ0v) is 18.6. The van der Waals surface area contributed by atoms with Crippen LogP contribution in [0.25, 0.3) is 0 Å². The second kappa shape index (κ2) is 11.1. The fraction of sp³-hybridized carbons (Fsp3) is 0.474. The van der Waals surface area contributed by atoms with Crippen LogP contribution in [-0.2, 0) is 19.9 Å². The van der Waals surface area contributed by atoms with Crippen molar-refractivity contribution in [2.75, 3.05) is 27.2 Å². The molecule has 0 aliphatic carbocycles. The highest BCUT2D eigenvalue weighted by molar-refractivity contribution is 14.0. The highest BCUT2D eigenvalue weighted by Gasteiger charge is 2.09. The summed E-state index contributed by atoms with van der Waals surface area (Å²) in [6.07, 6.45) is 1.81. The standard InChI is InChI=1S/C19H29N5O.HI/c1-14-17(15(2)24(4)23-14)11-13-22-19(20-3)21-12-10-16-8-6-7-9-18(16)25-5;/h6-9H,10-13H2,1-5H3,(H2,20,21,22);1H. The molecule has 2 aromatic rings. The zero-order valence-electron chi connectivity index (χ0n) is 16.3. The Morgan fingerprint density at radius 1 is 1.15 bits per heavy atom. The first-order chi connectivity index (χ1) is 12.1. The molecule has 6 nitrogen and oxygen atoms in total. The predicted molar refractivity (Wildman–Crippen MR) is 118 cm³/mol. The first-order valence-electron chi connectivity index (χ1n) is 8.62. The van der Waals surface area contributed by atoms with E-state index in [9.17, 15) is 0 Å². The van der Waals surface area contributed by atoms with Crippen LogP contribution in [0, 0.1) is 13.8 Å². The van der Waals surface area contributed by atoms with Crippen molar-refractivity contribution in [1.29, 1.82) is 0 Å². The Bertz CT molecular complexity index is 727. The number of ether oxygens (including phenoxy) is 1. The van der Waals surface area contributed by atoms with E-state index in [1.165, 1.54) is 16.8 Å². The maximum Gasteiger partial charge on any atom is 0.190 e. The van der Waals surface area contributed by atoms with E-state index in [-0.39, 0.29) is 24.0 Å². The number of benzene rings is 1. The van der Waals surface area contributed by atoms with Crippen LogP contribution < -0.4 is 15.4 Å². The van der Waals surface area contributed by atoms with Crippen molar-refractivity contribution in [2.24, 2.45) is 12.0 Å². The lowest BCUT2D eigenvalue weighted by molar-refractivity contribution is 0.409. The van der Waals surface area contributed by atoms with E-state index in [1.807, 2.05) is 29.9 Å². The largest absolute Gasteiger partial charge is 0.496 e. The van der Waals surface area contributed by atoms with Crippen molar-refractivity contribution in [3.05, 3.63) is 46.8 Å². The van der Waals surface area contributed by atoms with Gasteiger partial charge < -0.3 is 15.4 Å². The second-order valence-electron chi connectivity index (χ2n) is 6.01. The van der Waals surface area contributed by atoms with Gasteiger partial charge in [-0.1, -0.05) is 18.2 Å². The van der Waals surface area contributed by atoms with E-state index < -0.39 is 0 Å². The molecular formula is C19H30IN5O. The molecule has 0 atom stereocenters. The first-order valence-corrected chi connectivity index (χ1v) is 8.62. The van der Waals surface area contributed by atoms with Crippen molar-refractivity contribution >= 4 is 29.9 Å². The first kappa shape index (κ1) is 22.3. The number of methoxy groups -OCH3 is 1. The number of hydrogen-bond acceptors (Lipinski definition) is 3.